The van der Waals surface area contributed by atoms with E-state index in [1.54, 1.807) is 0 Å². The van der Waals surface area contributed by atoms with Gasteiger partial charge in [0.05, 0.1) is 23.7 Å². The van der Waals surface area contributed by atoms with Gasteiger partial charge in [-0.05, 0) is 36.4 Å². The zero-order valence-corrected chi connectivity index (χ0v) is 19.1. The van der Waals surface area contributed by atoms with Crippen molar-refractivity contribution in [3.05, 3.63) is 59.7 Å². The molecule has 10 nitrogen and oxygen atoms in total. The van der Waals surface area contributed by atoms with Gasteiger partial charge in [-0.2, -0.15) is 4.31 Å². The molecule has 1 aromatic heterocycles. The van der Waals surface area contributed by atoms with E-state index in [4.69, 9.17) is 13.9 Å². The summed E-state index contributed by atoms with van der Waals surface area (Å²) in [6, 6.07) is 7.75. The van der Waals surface area contributed by atoms with Crippen molar-refractivity contribution in [1.82, 2.24) is 14.5 Å². The monoisotopic (exact) mass is 496 g/mol. The second-order valence-corrected chi connectivity index (χ2v) is 8.84. The third-order valence-corrected chi connectivity index (χ3v) is 6.56. The first-order valence-electron chi connectivity index (χ1n) is 9.94. The number of halogens is 2. The highest BCUT2D eigenvalue weighted by atomic mass is 32.2. The quantitative estimate of drug-likeness (QED) is 0.430. The standard InChI is InChI=1S/C21H22F2N4O6S/c1-31-11-9-27(10-12-32-2)34(29,30)16-6-3-14(4-7-16)19(28)24-21-26-25-20(33-21)17-8-5-15(22)13-18(17)23/h3-8,13H,9-12H2,1-2H3,(H,24,26,28). The highest BCUT2D eigenvalue weighted by Crippen LogP contribution is 2.24. The topological polar surface area (TPSA) is 124 Å². The number of aromatic nitrogens is 2. The summed E-state index contributed by atoms with van der Waals surface area (Å²) < 4.78 is 69.2. The van der Waals surface area contributed by atoms with Crippen molar-refractivity contribution in [3.8, 4) is 11.5 Å². The van der Waals surface area contributed by atoms with Gasteiger partial charge in [0.1, 0.15) is 11.6 Å². The van der Waals surface area contributed by atoms with Crippen LogP contribution in [0.15, 0.2) is 51.8 Å². The summed E-state index contributed by atoms with van der Waals surface area (Å²) in [5.74, 6) is -2.57. The Hall–Kier alpha value is -3.26. The Morgan fingerprint density at radius 2 is 1.68 bits per heavy atom. The van der Waals surface area contributed by atoms with Gasteiger partial charge < -0.3 is 13.9 Å². The minimum atomic E-state index is -3.84. The molecule has 0 aliphatic heterocycles. The molecule has 1 amide bonds. The predicted octanol–water partition coefficient (Wildman–Crippen LogP) is 2.55. The normalized spacial score (nSPS) is 11.7. The van der Waals surface area contributed by atoms with E-state index in [1.165, 1.54) is 42.8 Å². The number of rotatable bonds is 11. The van der Waals surface area contributed by atoms with E-state index in [0.29, 0.717) is 6.07 Å². The summed E-state index contributed by atoms with van der Waals surface area (Å²) in [7, 11) is -0.904. The van der Waals surface area contributed by atoms with Gasteiger partial charge in [-0.1, -0.05) is 5.10 Å². The maximum absolute atomic E-state index is 13.9. The maximum Gasteiger partial charge on any atom is 0.322 e. The van der Waals surface area contributed by atoms with Crippen LogP contribution in [0.5, 0.6) is 0 Å². The number of methoxy groups -OCH3 is 2. The number of sulfonamides is 1. The molecule has 0 aliphatic carbocycles. The van der Waals surface area contributed by atoms with Gasteiger partial charge in [0.25, 0.3) is 11.8 Å². The van der Waals surface area contributed by atoms with Gasteiger partial charge >= 0.3 is 6.01 Å². The van der Waals surface area contributed by atoms with Crippen LogP contribution in [-0.2, 0) is 19.5 Å². The Bertz CT molecular complexity index is 1230. The fourth-order valence-corrected chi connectivity index (χ4v) is 4.29. The number of benzene rings is 2. The Morgan fingerprint density at radius 3 is 2.26 bits per heavy atom. The molecular weight excluding hydrogens is 474 g/mol. The fraction of sp³-hybridized carbons (Fsp3) is 0.286. The molecule has 0 aliphatic rings. The Labute approximate surface area is 194 Å². The molecule has 3 aromatic rings. The van der Waals surface area contributed by atoms with Crippen molar-refractivity contribution >= 4 is 21.9 Å². The molecule has 0 saturated carbocycles. The number of hydrogen-bond donors (Lipinski definition) is 1. The van der Waals surface area contributed by atoms with Gasteiger partial charge in [0, 0.05) is 38.9 Å². The highest BCUT2D eigenvalue weighted by Gasteiger charge is 2.24. The lowest BCUT2D eigenvalue weighted by Gasteiger charge is -2.21. The summed E-state index contributed by atoms with van der Waals surface area (Å²) in [5, 5.41) is 9.61. The van der Waals surface area contributed by atoms with E-state index in [9.17, 15) is 22.0 Å². The van der Waals surface area contributed by atoms with Crippen LogP contribution in [0.25, 0.3) is 11.5 Å². The maximum atomic E-state index is 13.9. The summed E-state index contributed by atoms with van der Waals surface area (Å²) >= 11 is 0. The molecule has 1 N–H and O–H groups in total. The first-order valence-corrected chi connectivity index (χ1v) is 11.4. The number of anilines is 1. The molecule has 0 atom stereocenters. The van der Waals surface area contributed by atoms with Gasteiger partial charge in [-0.15, -0.1) is 5.10 Å². The molecule has 0 spiro atoms. The van der Waals surface area contributed by atoms with Crippen LogP contribution >= 0.6 is 0 Å². The predicted molar refractivity (Wildman–Crippen MR) is 117 cm³/mol. The first-order chi connectivity index (χ1) is 16.3. The largest absolute Gasteiger partial charge is 0.403 e. The first kappa shape index (κ1) is 25.4. The van der Waals surface area contributed by atoms with Gasteiger partial charge in [-0.25, -0.2) is 17.2 Å². The second-order valence-electron chi connectivity index (χ2n) is 6.90. The lowest BCUT2D eigenvalue weighted by molar-refractivity contribution is 0.102. The number of nitrogens with zero attached hydrogens (tertiary/aromatic N) is 3. The fourth-order valence-electron chi connectivity index (χ4n) is 2.88. The van der Waals surface area contributed by atoms with Gasteiger partial charge in [-0.3, -0.25) is 10.1 Å². The van der Waals surface area contributed by atoms with E-state index >= 15 is 0 Å². The minimum Gasteiger partial charge on any atom is -0.403 e. The van der Waals surface area contributed by atoms with Crippen LogP contribution < -0.4 is 5.32 Å². The average molecular weight is 496 g/mol. The van der Waals surface area contributed by atoms with E-state index in [0.717, 1.165) is 12.1 Å². The third-order valence-electron chi connectivity index (χ3n) is 4.65. The molecule has 0 unspecified atom stereocenters. The number of carbonyl (C=O) groups is 1. The molecule has 0 bridgehead atoms. The molecule has 13 heteroatoms. The number of ether oxygens (including phenoxy) is 2. The average Bonchev–Trinajstić information content (AvgIpc) is 3.27. The van der Waals surface area contributed by atoms with Crippen LogP contribution in [-0.4, -0.2) is 69.4 Å². The molecule has 34 heavy (non-hydrogen) atoms. The summed E-state index contributed by atoms with van der Waals surface area (Å²) in [6.07, 6.45) is 0. The molecule has 2 aromatic carbocycles. The number of nitrogens with one attached hydrogen (secondary N) is 1. The molecule has 0 radical (unpaired) electrons. The van der Waals surface area contributed by atoms with E-state index < -0.39 is 27.6 Å². The van der Waals surface area contributed by atoms with Crippen molar-refractivity contribution in [2.24, 2.45) is 0 Å². The lowest BCUT2D eigenvalue weighted by Crippen LogP contribution is -2.36. The number of amides is 1. The molecule has 3 rings (SSSR count). The molecule has 182 valence electrons. The molecule has 1 heterocycles. The lowest BCUT2D eigenvalue weighted by atomic mass is 10.2. The summed E-state index contributed by atoms with van der Waals surface area (Å²) in [4.78, 5) is 12.5. The zero-order chi connectivity index (χ0) is 24.7. The summed E-state index contributed by atoms with van der Waals surface area (Å²) in [5.41, 5.74) is -0.0116. The van der Waals surface area contributed by atoms with E-state index in [1.807, 2.05) is 0 Å². The van der Waals surface area contributed by atoms with Crippen molar-refractivity contribution in [1.29, 1.82) is 0 Å². The van der Waals surface area contributed by atoms with Crippen molar-refractivity contribution in [3.63, 3.8) is 0 Å². The smallest absolute Gasteiger partial charge is 0.322 e. The zero-order valence-electron chi connectivity index (χ0n) is 18.3. The van der Waals surface area contributed by atoms with Crippen LogP contribution in [0, 0.1) is 11.6 Å². The van der Waals surface area contributed by atoms with Crippen LogP contribution in [0.3, 0.4) is 0 Å². The highest BCUT2D eigenvalue weighted by molar-refractivity contribution is 7.89. The van der Waals surface area contributed by atoms with Crippen molar-refractivity contribution in [2.75, 3.05) is 45.8 Å². The SMILES string of the molecule is COCCN(CCOC)S(=O)(=O)c1ccc(C(=O)Nc2nnc(-c3ccc(F)cc3F)o2)cc1. The van der Waals surface area contributed by atoms with Crippen molar-refractivity contribution in [2.45, 2.75) is 4.90 Å². The Morgan fingerprint density at radius 1 is 1.03 bits per heavy atom. The van der Waals surface area contributed by atoms with Crippen molar-refractivity contribution < 1.29 is 35.9 Å². The van der Waals surface area contributed by atoms with E-state index in [-0.39, 0.29) is 54.2 Å². The van der Waals surface area contributed by atoms with Gasteiger partial charge in [0.2, 0.25) is 10.0 Å². The summed E-state index contributed by atoms with van der Waals surface area (Å²) in [6.45, 7) is 0.687. The molecule has 0 saturated heterocycles. The van der Waals surface area contributed by atoms with Crippen LogP contribution in [0.4, 0.5) is 14.8 Å². The number of hydrogen-bond acceptors (Lipinski definition) is 8. The minimum absolute atomic E-state index is 0.0110. The van der Waals surface area contributed by atoms with E-state index in [2.05, 4.69) is 15.5 Å². The molecule has 0 fully saturated rings. The Kier molecular flexibility index (Phi) is 8.39. The Balaban J connectivity index is 1.72. The third kappa shape index (κ3) is 5.99. The van der Waals surface area contributed by atoms with Crippen LogP contribution in [0.1, 0.15) is 10.4 Å². The number of carbonyl (C=O) groups excluding carboxylic acids is 1. The van der Waals surface area contributed by atoms with Crippen LogP contribution in [0.2, 0.25) is 0 Å². The molecular formula is C21H22F2N4O6S. The second kappa shape index (κ2) is 11.2. The van der Waals surface area contributed by atoms with Gasteiger partial charge in [0.15, 0.2) is 0 Å².